The van der Waals surface area contributed by atoms with Gasteiger partial charge in [0.05, 0.1) is 0 Å². The molecule has 128 valence electrons. The summed E-state index contributed by atoms with van der Waals surface area (Å²) in [5, 5.41) is 0. The third kappa shape index (κ3) is 2.97. The molecule has 2 aromatic carbocycles. The Balaban J connectivity index is 1.48. The van der Waals surface area contributed by atoms with E-state index in [4.69, 9.17) is 4.74 Å². The fourth-order valence-electron chi connectivity index (χ4n) is 3.30. The smallest absolute Gasteiger partial charge is 0.328 e. The van der Waals surface area contributed by atoms with E-state index in [9.17, 15) is 9.59 Å². The molecule has 4 rings (SSSR count). The van der Waals surface area contributed by atoms with Crippen molar-refractivity contribution in [3.8, 4) is 0 Å². The van der Waals surface area contributed by atoms with Gasteiger partial charge in [-0.05, 0) is 24.1 Å². The van der Waals surface area contributed by atoms with Gasteiger partial charge in [-0.1, -0.05) is 48.5 Å². The first-order valence-electron chi connectivity index (χ1n) is 8.51. The Bertz CT molecular complexity index is 806. The van der Waals surface area contributed by atoms with Crippen LogP contribution < -0.4 is 4.90 Å². The summed E-state index contributed by atoms with van der Waals surface area (Å²) in [5.74, 6) is -0.371. The summed E-state index contributed by atoms with van der Waals surface area (Å²) < 4.78 is 5.42. The molecule has 0 saturated carbocycles. The molecule has 1 amide bonds. The van der Waals surface area contributed by atoms with Crippen molar-refractivity contribution >= 4 is 17.6 Å². The minimum Gasteiger partial charge on any atom is -0.459 e. The van der Waals surface area contributed by atoms with Crippen LogP contribution in [-0.4, -0.2) is 35.4 Å². The average molecular weight is 336 g/mol. The molecule has 1 saturated heterocycles. The predicted molar refractivity (Wildman–Crippen MR) is 93.8 cm³/mol. The van der Waals surface area contributed by atoms with E-state index in [0.29, 0.717) is 6.54 Å². The van der Waals surface area contributed by atoms with Crippen LogP contribution in [0.2, 0.25) is 0 Å². The molecule has 0 spiro atoms. The summed E-state index contributed by atoms with van der Waals surface area (Å²) in [6, 6.07) is 16.8. The molecule has 0 radical (unpaired) electrons. The number of benzene rings is 2. The maximum absolute atomic E-state index is 12.8. The van der Waals surface area contributed by atoms with Crippen molar-refractivity contribution in [2.45, 2.75) is 32.2 Å². The minimum atomic E-state index is -0.607. The fourth-order valence-corrected chi connectivity index (χ4v) is 3.30. The van der Waals surface area contributed by atoms with Crippen molar-refractivity contribution in [3.63, 3.8) is 0 Å². The number of hydrogen-bond donors (Lipinski definition) is 0. The standard InChI is InChI=1S/C20H20N2O3/c1-14(20(24)25-13-15-7-3-2-4-8-15)21-11-16-9-5-6-10-17(16)22-12-18(22)19(21)23/h2-10,14,18H,11-13H2,1H3/t14-,18-,22?/m0/s1. The van der Waals surface area contributed by atoms with Gasteiger partial charge in [0, 0.05) is 18.8 Å². The van der Waals surface area contributed by atoms with Crippen LogP contribution in [-0.2, 0) is 27.5 Å². The Kier molecular flexibility index (Phi) is 3.92. The van der Waals surface area contributed by atoms with Gasteiger partial charge in [0.15, 0.2) is 0 Å². The van der Waals surface area contributed by atoms with E-state index in [1.807, 2.05) is 54.6 Å². The van der Waals surface area contributed by atoms with Gasteiger partial charge in [-0.15, -0.1) is 0 Å². The van der Waals surface area contributed by atoms with Crippen LogP contribution >= 0.6 is 0 Å². The summed E-state index contributed by atoms with van der Waals surface area (Å²) in [6.07, 6.45) is 0. The zero-order valence-corrected chi connectivity index (χ0v) is 14.1. The lowest BCUT2D eigenvalue weighted by Gasteiger charge is -2.27. The quantitative estimate of drug-likeness (QED) is 0.635. The van der Waals surface area contributed by atoms with Crippen LogP contribution in [0, 0.1) is 0 Å². The molecule has 5 heteroatoms. The number of fused-ring (bicyclic) bond motifs is 3. The molecule has 1 fully saturated rings. The van der Waals surface area contributed by atoms with Gasteiger partial charge in [-0.3, -0.25) is 4.79 Å². The molecule has 0 unspecified atom stereocenters. The van der Waals surface area contributed by atoms with E-state index < -0.39 is 6.04 Å². The van der Waals surface area contributed by atoms with Gasteiger partial charge in [0.1, 0.15) is 18.7 Å². The van der Waals surface area contributed by atoms with E-state index in [1.54, 1.807) is 11.8 Å². The minimum absolute atomic E-state index is 0.000334. The van der Waals surface area contributed by atoms with E-state index in [0.717, 1.165) is 23.4 Å². The molecule has 0 aromatic heterocycles. The maximum Gasteiger partial charge on any atom is 0.328 e. The summed E-state index contributed by atoms with van der Waals surface area (Å²) in [6.45, 7) is 3.12. The normalized spacial score (nSPS) is 19.6. The molecule has 0 bridgehead atoms. The second-order valence-electron chi connectivity index (χ2n) is 6.53. The zero-order valence-electron chi connectivity index (χ0n) is 14.1. The molecule has 0 N–H and O–H groups in total. The van der Waals surface area contributed by atoms with Gasteiger partial charge in [0.2, 0.25) is 5.91 Å². The first kappa shape index (κ1) is 15.7. The molecule has 2 heterocycles. The Morgan fingerprint density at radius 3 is 2.68 bits per heavy atom. The largest absolute Gasteiger partial charge is 0.459 e. The number of esters is 1. The van der Waals surface area contributed by atoms with Crippen molar-refractivity contribution in [1.29, 1.82) is 0 Å². The highest BCUT2D eigenvalue weighted by Gasteiger charge is 2.47. The second-order valence-corrected chi connectivity index (χ2v) is 6.53. The molecule has 0 aliphatic carbocycles. The third-order valence-corrected chi connectivity index (χ3v) is 4.85. The van der Waals surface area contributed by atoms with E-state index in [1.165, 1.54) is 0 Å². The van der Waals surface area contributed by atoms with Crippen LogP contribution in [0.4, 0.5) is 5.69 Å². The monoisotopic (exact) mass is 336 g/mol. The number of ether oxygens (including phenoxy) is 1. The highest BCUT2D eigenvalue weighted by Crippen LogP contribution is 2.36. The van der Waals surface area contributed by atoms with Crippen molar-refractivity contribution in [3.05, 3.63) is 65.7 Å². The molecule has 25 heavy (non-hydrogen) atoms. The molecule has 2 aromatic rings. The topological polar surface area (TPSA) is 49.6 Å². The molecule has 2 aliphatic heterocycles. The number of hydrogen-bond acceptors (Lipinski definition) is 4. The molecule has 2 aliphatic rings. The lowest BCUT2D eigenvalue weighted by Crippen LogP contribution is -2.45. The SMILES string of the molecule is C[C@@H](C(=O)OCc1ccccc1)N1Cc2ccccc2N2C[C@H]2C1=O. The first-order valence-corrected chi connectivity index (χ1v) is 8.51. The van der Waals surface area contributed by atoms with Gasteiger partial charge in [-0.2, -0.15) is 0 Å². The lowest BCUT2D eigenvalue weighted by molar-refractivity contribution is -0.155. The number of carbonyl (C=O) groups excluding carboxylic acids is 2. The average Bonchev–Trinajstić information content (AvgIpc) is 3.45. The van der Waals surface area contributed by atoms with Crippen molar-refractivity contribution in [2.24, 2.45) is 0 Å². The number of nitrogens with zero attached hydrogens (tertiary/aromatic N) is 2. The molecular formula is C20H20N2O3. The van der Waals surface area contributed by atoms with E-state index in [2.05, 4.69) is 4.90 Å². The lowest BCUT2D eigenvalue weighted by atomic mass is 10.1. The first-order chi connectivity index (χ1) is 12.1. The summed E-state index contributed by atoms with van der Waals surface area (Å²) in [7, 11) is 0. The highest BCUT2D eigenvalue weighted by atomic mass is 16.5. The van der Waals surface area contributed by atoms with Crippen LogP contribution in [0.3, 0.4) is 0 Å². The Hall–Kier alpha value is -2.82. The third-order valence-electron chi connectivity index (χ3n) is 4.85. The summed E-state index contributed by atoms with van der Waals surface area (Å²) >= 11 is 0. The summed E-state index contributed by atoms with van der Waals surface area (Å²) in [4.78, 5) is 29.0. The zero-order chi connectivity index (χ0) is 17.4. The van der Waals surface area contributed by atoms with Crippen LogP contribution in [0.5, 0.6) is 0 Å². The van der Waals surface area contributed by atoms with Crippen molar-refractivity contribution in [2.75, 3.05) is 11.4 Å². The second kappa shape index (κ2) is 6.24. The van der Waals surface area contributed by atoms with Gasteiger partial charge in [0.25, 0.3) is 0 Å². The fraction of sp³-hybridized carbons (Fsp3) is 0.300. The van der Waals surface area contributed by atoms with Crippen LogP contribution in [0.15, 0.2) is 54.6 Å². The van der Waals surface area contributed by atoms with Crippen molar-refractivity contribution in [1.82, 2.24) is 4.90 Å². The Morgan fingerprint density at radius 1 is 1.16 bits per heavy atom. The Morgan fingerprint density at radius 2 is 1.88 bits per heavy atom. The van der Waals surface area contributed by atoms with Gasteiger partial charge >= 0.3 is 5.97 Å². The molecule has 5 nitrogen and oxygen atoms in total. The number of amides is 1. The number of carbonyl (C=O) groups is 2. The summed E-state index contributed by atoms with van der Waals surface area (Å²) in [5.41, 5.74) is 3.09. The van der Waals surface area contributed by atoms with Gasteiger partial charge in [-0.25, -0.2) is 4.79 Å². The van der Waals surface area contributed by atoms with Crippen LogP contribution in [0.25, 0.3) is 0 Å². The highest BCUT2D eigenvalue weighted by molar-refractivity contribution is 5.95. The number of rotatable bonds is 4. The van der Waals surface area contributed by atoms with Gasteiger partial charge < -0.3 is 14.5 Å². The van der Waals surface area contributed by atoms with E-state index >= 15 is 0 Å². The predicted octanol–water partition coefficient (Wildman–Crippen LogP) is 2.35. The maximum atomic E-state index is 12.8. The van der Waals surface area contributed by atoms with Crippen LogP contribution in [0.1, 0.15) is 18.1 Å². The Labute approximate surface area is 146 Å². The number of anilines is 1. The molecule has 2 atom stereocenters. The molecular weight excluding hydrogens is 316 g/mol. The number of para-hydroxylation sites is 1. The van der Waals surface area contributed by atoms with E-state index in [-0.39, 0.29) is 24.5 Å². The van der Waals surface area contributed by atoms with Crippen molar-refractivity contribution < 1.29 is 14.3 Å².